The summed E-state index contributed by atoms with van der Waals surface area (Å²) < 4.78 is 31.7. The number of halogens is 1. The zero-order valence-electron chi connectivity index (χ0n) is 16.2. The van der Waals surface area contributed by atoms with Gasteiger partial charge in [-0.05, 0) is 27.7 Å². The summed E-state index contributed by atoms with van der Waals surface area (Å²) in [6, 6.07) is 0.439. The van der Waals surface area contributed by atoms with Crippen molar-refractivity contribution in [2.45, 2.75) is 63.9 Å². The molecule has 2 heterocycles. The Labute approximate surface area is 160 Å². The monoisotopic (exact) mass is 403 g/mol. The molecule has 2 rings (SSSR count). The van der Waals surface area contributed by atoms with Crippen LogP contribution in [0, 0.1) is 0 Å². The number of hydrogen-bond donors (Lipinski definition) is 3. The largest absolute Gasteiger partial charge is 0.462 e. The molecule has 1 fully saturated rings. The standard InChI is InChI=1S/C17H26FN3O7/c1-9(2)27-14(24)10(3)19-8-26-7-11-13(23)17(4,18)15(28-11)21-6-5-12(22)20-16(21)25/h5-6,9-11,13,15,19,23H,7-8H2,1-4H3,(H,20,22,25)/t10-,11?,13+,15+,17+/m0/s1. The molecule has 0 aromatic carbocycles. The van der Waals surface area contributed by atoms with Crippen LogP contribution in [0.15, 0.2) is 21.9 Å². The number of H-pyrrole nitrogens is 1. The Morgan fingerprint density at radius 3 is 2.75 bits per heavy atom. The number of carbonyl (C=O) groups is 1. The van der Waals surface area contributed by atoms with Crippen LogP contribution in [-0.4, -0.2) is 64.0 Å². The summed E-state index contributed by atoms with van der Waals surface area (Å²) in [7, 11) is 0. The van der Waals surface area contributed by atoms with Gasteiger partial charge in [0, 0.05) is 12.3 Å². The van der Waals surface area contributed by atoms with Gasteiger partial charge in [-0.1, -0.05) is 0 Å². The summed E-state index contributed by atoms with van der Waals surface area (Å²) in [5.74, 6) is -0.440. The maximum absolute atomic E-state index is 15.0. The first kappa shape index (κ1) is 22.2. The van der Waals surface area contributed by atoms with Gasteiger partial charge in [-0.25, -0.2) is 9.18 Å². The van der Waals surface area contributed by atoms with Crippen molar-refractivity contribution >= 4 is 5.97 Å². The first-order valence-corrected chi connectivity index (χ1v) is 8.89. The lowest BCUT2D eigenvalue weighted by Crippen LogP contribution is -2.44. The molecule has 1 saturated heterocycles. The second-order valence-electron chi connectivity index (χ2n) is 7.07. The zero-order valence-corrected chi connectivity index (χ0v) is 16.2. The highest BCUT2D eigenvalue weighted by atomic mass is 19.1. The molecule has 158 valence electrons. The quantitative estimate of drug-likeness (QED) is 0.299. The first-order valence-electron chi connectivity index (χ1n) is 8.89. The molecule has 3 N–H and O–H groups in total. The lowest BCUT2D eigenvalue weighted by atomic mass is 9.98. The van der Waals surface area contributed by atoms with E-state index in [2.05, 4.69) is 5.32 Å². The maximum Gasteiger partial charge on any atom is 0.330 e. The Bertz CT molecular complexity index is 791. The fourth-order valence-electron chi connectivity index (χ4n) is 2.74. The van der Waals surface area contributed by atoms with Gasteiger partial charge in [0.05, 0.1) is 19.4 Å². The molecule has 11 heteroatoms. The van der Waals surface area contributed by atoms with Crippen LogP contribution in [0.2, 0.25) is 0 Å². The second-order valence-corrected chi connectivity index (χ2v) is 7.07. The minimum absolute atomic E-state index is 0.0623. The SMILES string of the molecule is CC(C)OC(=O)[C@H](C)NCOCC1O[C@@H](n2ccc(=O)[nH]c2=O)[C@](C)(F)[C@@H]1O. The predicted octanol–water partition coefficient (Wildman–Crippen LogP) is -0.573. The third-order valence-corrected chi connectivity index (χ3v) is 4.30. The Hall–Kier alpha value is -2.08. The molecule has 0 saturated carbocycles. The van der Waals surface area contributed by atoms with Crippen LogP contribution < -0.4 is 16.6 Å². The number of aliphatic hydroxyl groups is 1. The molecule has 0 bridgehead atoms. The molecule has 1 unspecified atom stereocenters. The van der Waals surface area contributed by atoms with Gasteiger partial charge in [-0.3, -0.25) is 24.5 Å². The van der Waals surface area contributed by atoms with Crippen LogP contribution in [-0.2, 0) is 19.0 Å². The zero-order chi connectivity index (χ0) is 21.1. The number of rotatable bonds is 8. The Morgan fingerprint density at radius 1 is 1.46 bits per heavy atom. The molecule has 1 aromatic rings. The van der Waals surface area contributed by atoms with Crippen molar-refractivity contribution in [3.63, 3.8) is 0 Å². The van der Waals surface area contributed by atoms with Gasteiger partial charge in [0.1, 0.15) is 18.2 Å². The van der Waals surface area contributed by atoms with Crippen molar-refractivity contribution in [3.05, 3.63) is 33.1 Å². The van der Waals surface area contributed by atoms with Crippen LogP contribution >= 0.6 is 0 Å². The predicted molar refractivity (Wildman–Crippen MR) is 95.4 cm³/mol. The van der Waals surface area contributed by atoms with Gasteiger partial charge in [-0.15, -0.1) is 0 Å². The van der Waals surface area contributed by atoms with Crippen LogP contribution in [0.1, 0.15) is 33.9 Å². The van der Waals surface area contributed by atoms with Crippen molar-refractivity contribution in [1.29, 1.82) is 0 Å². The van der Waals surface area contributed by atoms with Crippen LogP contribution in [0.25, 0.3) is 0 Å². The molecular weight excluding hydrogens is 377 g/mol. The topological polar surface area (TPSA) is 132 Å². The van der Waals surface area contributed by atoms with Crippen LogP contribution in [0.5, 0.6) is 0 Å². The number of aromatic nitrogens is 2. The molecule has 1 aliphatic rings. The number of esters is 1. The maximum atomic E-state index is 15.0. The van der Waals surface area contributed by atoms with Gasteiger partial charge in [0.15, 0.2) is 11.9 Å². The van der Waals surface area contributed by atoms with E-state index in [1.54, 1.807) is 20.8 Å². The summed E-state index contributed by atoms with van der Waals surface area (Å²) in [5, 5.41) is 13.0. The van der Waals surface area contributed by atoms with Crippen molar-refractivity contribution in [2.75, 3.05) is 13.3 Å². The summed E-state index contributed by atoms with van der Waals surface area (Å²) in [4.78, 5) is 36.8. The van der Waals surface area contributed by atoms with Crippen molar-refractivity contribution in [2.24, 2.45) is 0 Å². The van der Waals surface area contributed by atoms with E-state index in [4.69, 9.17) is 14.2 Å². The fraction of sp³-hybridized carbons (Fsp3) is 0.706. The molecule has 28 heavy (non-hydrogen) atoms. The summed E-state index contributed by atoms with van der Waals surface area (Å²) in [6.07, 6.45) is -3.20. The minimum atomic E-state index is -2.29. The van der Waals surface area contributed by atoms with Crippen LogP contribution in [0.4, 0.5) is 4.39 Å². The molecule has 0 spiro atoms. The number of hydrogen-bond acceptors (Lipinski definition) is 8. The number of aliphatic hydroxyl groups excluding tert-OH is 1. The molecular formula is C17H26FN3O7. The first-order chi connectivity index (χ1) is 13.0. The van der Waals surface area contributed by atoms with E-state index >= 15 is 0 Å². The van der Waals surface area contributed by atoms with Crippen LogP contribution in [0.3, 0.4) is 0 Å². The Morgan fingerprint density at radius 2 is 2.14 bits per heavy atom. The molecule has 10 nitrogen and oxygen atoms in total. The fourth-order valence-corrected chi connectivity index (χ4v) is 2.74. The van der Waals surface area contributed by atoms with Gasteiger partial charge in [-0.2, -0.15) is 0 Å². The molecule has 0 aliphatic carbocycles. The highest BCUT2D eigenvalue weighted by Gasteiger charge is 2.55. The number of carbonyl (C=O) groups excluding carboxylic acids is 1. The Kier molecular flexibility index (Phi) is 7.10. The average molecular weight is 403 g/mol. The van der Waals surface area contributed by atoms with Gasteiger partial charge in [0.25, 0.3) is 5.56 Å². The van der Waals surface area contributed by atoms with E-state index < -0.39 is 47.4 Å². The average Bonchev–Trinajstić information content (AvgIpc) is 2.81. The van der Waals surface area contributed by atoms with E-state index in [1.165, 1.54) is 0 Å². The number of nitrogens with one attached hydrogen (secondary N) is 2. The van der Waals surface area contributed by atoms with Gasteiger partial charge >= 0.3 is 11.7 Å². The van der Waals surface area contributed by atoms with Gasteiger partial charge < -0.3 is 19.3 Å². The highest BCUT2D eigenvalue weighted by molar-refractivity contribution is 5.75. The normalized spacial score (nSPS) is 28.5. The van der Waals surface area contributed by atoms with Crippen molar-refractivity contribution < 1.29 is 28.5 Å². The summed E-state index contributed by atoms with van der Waals surface area (Å²) >= 11 is 0. The highest BCUT2D eigenvalue weighted by Crippen LogP contribution is 2.40. The van der Waals surface area contributed by atoms with E-state index in [0.717, 1.165) is 23.8 Å². The summed E-state index contributed by atoms with van der Waals surface area (Å²) in [5.41, 5.74) is -3.77. The second kappa shape index (κ2) is 8.95. The number of ether oxygens (including phenoxy) is 3. The lowest BCUT2D eigenvalue weighted by Gasteiger charge is -2.24. The number of alkyl halides is 1. The minimum Gasteiger partial charge on any atom is -0.462 e. The van der Waals surface area contributed by atoms with Gasteiger partial charge in [0.2, 0.25) is 0 Å². The van der Waals surface area contributed by atoms with Crippen molar-refractivity contribution in [3.8, 4) is 0 Å². The number of nitrogens with zero attached hydrogens (tertiary/aromatic N) is 1. The third kappa shape index (κ3) is 5.04. The van der Waals surface area contributed by atoms with E-state index in [1.807, 2.05) is 4.98 Å². The smallest absolute Gasteiger partial charge is 0.330 e. The van der Waals surface area contributed by atoms with Crippen molar-refractivity contribution in [1.82, 2.24) is 14.9 Å². The molecule has 0 amide bonds. The molecule has 1 aliphatic heterocycles. The van der Waals surface area contributed by atoms with E-state index in [0.29, 0.717) is 0 Å². The van der Waals surface area contributed by atoms with E-state index in [-0.39, 0.29) is 19.4 Å². The molecule has 5 atom stereocenters. The van der Waals surface area contributed by atoms with E-state index in [9.17, 15) is 23.9 Å². The lowest BCUT2D eigenvalue weighted by molar-refractivity contribution is -0.150. The molecule has 1 aromatic heterocycles. The molecule has 0 radical (unpaired) electrons. The summed E-state index contributed by atoms with van der Waals surface area (Å²) in [6.45, 7) is 5.92. The Balaban J connectivity index is 1.92. The third-order valence-electron chi connectivity index (χ3n) is 4.30. The number of aromatic amines is 1.